The van der Waals surface area contributed by atoms with Gasteiger partial charge in [0.05, 0.1) is 0 Å². The minimum Gasteiger partial charge on any atom is -0.481 e. The fourth-order valence-electron chi connectivity index (χ4n) is 2.69. The van der Waals surface area contributed by atoms with Crippen molar-refractivity contribution in [3.63, 3.8) is 0 Å². The van der Waals surface area contributed by atoms with E-state index in [1.165, 1.54) is 0 Å². The molecular formula is C22H20O3. The first-order valence-electron chi connectivity index (χ1n) is 8.27. The van der Waals surface area contributed by atoms with E-state index < -0.39 is 5.97 Å². The molecule has 0 amide bonds. The highest BCUT2D eigenvalue weighted by molar-refractivity contribution is 5.71. The molecule has 1 N–H and O–H groups in total. The number of hydrogen-bond acceptors (Lipinski definition) is 2. The van der Waals surface area contributed by atoms with Crippen molar-refractivity contribution in [3.05, 3.63) is 83.9 Å². The van der Waals surface area contributed by atoms with Crippen molar-refractivity contribution in [1.29, 1.82) is 0 Å². The van der Waals surface area contributed by atoms with E-state index in [0.717, 1.165) is 33.8 Å². The van der Waals surface area contributed by atoms with E-state index in [-0.39, 0.29) is 6.42 Å². The summed E-state index contributed by atoms with van der Waals surface area (Å²) in [4.78, 5) is 10.7. The monoisotopic (exact) mass is 332 g/mol. The maximum atomic E-state index is 10.7. The Morgan fingerprint density at radius 1 is 0.880 bits per heavy atom. The van der Waals surface area contributed by atoms with Crippen molar-refractivity contribution >= 4 is 5.97 Å². The molecule has 3 heteroatoms. The van der Waals surface area contributed by atoms with Crippen LogP contribution < -0.4 is 4.74 Å². The van der Waals surface area contributed by atoms with Gasteiger partial charge in [0, 0.05) is 12.0 Å². The Morgan fingerprint density at radius 2 is 1.52 bits per heavy atom. The van der Waals surface area contributed by atoms with E-state index in [2.05, 4.69) is 0 Å². The molecule has 3 aromatic rings. The number of aryl methyl sites for hydroxylation is 2. The second kappa shape index (κ2) is 7.67. The van der Waals surface area contributed by atoms with Crippen LogP contribution >= 0.6 is 0 Å². The minimum absolute atomic E-state index is 0.145. The number of rotatable bonds is 6. The van der Waals surface area contributed by atoms with Gasteiger partial charge in [-0.1, -0.05) is 60.7 Å². The molecule has 0 spiro atoms. The van der Waals surface area contributed by atoms with Crippen LogP contribution in [0.2, 0.25) is 0 Å². The summed E-state index contributed by atoms with van der Waals surface area (Å²) in [6, 6.07) is 23.8. The van der Waals surface area contributed by atoms with Crippen molar-refractivity contribution in [2.45, 2.75) is 19.8 Å². The molecule has 126 valence electrons. The van der Waals surface area contributed by atoms with Gasteiger partial charge in [-0.05, 0) is 42.2 Å². The predicted molar refractivity (Wildman–Crippen MR) is 99.1 cm³/mol. The Morgan fingerprint density at radius 3 is 2.20 bits per heavy atom. The number of carboxylic acid groups (broad SMARTS) is 1. The topological polar surface area (TPSA) is 46.5 Å². The molecule has 0 atom stereocenters. The van der Waals surface area contributed by atoms with E-state index in [0.29, 0.717) is 6.42 Å². The largest absolute Gasteiger partial charge is 0.481 e. The molecule has 0 saturated carbocycles. The fourth-order valence-corrected chi connectivity index (χ4v) is 2.69. The zero-order valence-electron chi connectivity index (χ0n) is 14.1. The van der Waals surface area contributed by atoms with Crippen molar-refractivity contribution in [2.24, 2.45) is 0 Å². The lowest BCUT2D eigenvalue weighted by molar-refractivity contribution is -0.136. The Bertz CT molecular complexity index is 866. The summed E-state index contributed by atoms with van der Waals surface area (Å²) in [6.45, 7) is 2.02. The molecule has 25 heavy (non-hydrogen) atoms. The molecule has 0 aliphatic carbocycles. The SMILES string of the molecule is Cc1ccccc1Oc1ccccc1-c1ccc(CCC(=O)O)cc1. The first-order valence-corrected chi connectivity index (χ1v) is 8.27. The molecule has 0 fully saturated rings. The van der Waals surface area contributed by atoms with Crippen LogP contribution in [0.1, 0.15) is 17.5 Å². The smallest absolute Gasteiger partial charge is 0.303 e. The van der Waals surface area contributed by atoms with Crippen molar-refractivity contribution in [2.75, 3.05) is 0 Å². The summed E-state index contributed by atoms with van der Waals surface area (Å²) < 4.78 is 6.13. The van der Waals surface area contributed by atoms with Crippen LogP contribution in [0.15, 0.2) is 72.8 Å². The van der Waals surface area contributed by atoms with Gasteiger partial charge in [-0.2, -0.15) is 0 Å². The number of benzene rings is 3. The molecule has 3 aromatic carbocycles. The second-order valence-electron chi connectivity index (χ2n) is 5.95. The zero-order valence-corrected chi connectivity index (χ0v) is 14.1. The molecule has 0 saturated heterocycles. The summed E-state index contributed by atoms with van der Waals surface area (Å²) in [5.41, 5.74) is 4.16. The fraction of sp³-hybridized carbons (Fsp3) is 0.136. The third-order valence-electron chi connectivity index (χ3n) is 4.09. The Labute approximate surface area is 147 Å². The van der Waals surface area contributed by atoms with Gasteiger partial charge in [0.2, 0.25) is 0 Å². The Balaban J connectivity index is 1.85. The third-order valence-corrected chi connectivity index (χ3v) is 4.09. The summed E-state index contributed by atoms with van der Waals surface area (Å²) in [7, 11) is 0. The molecule has 3 rings (SSSR count). The van der Waals surface area contributed by atoms with Gasteiger partial charge in [-0.25, -0.2) is 0 Å². The van der Waals surface area contributed by atoms with Gasteiger partial charge < -0.3 is 9.84 Å². The number of carbonyl (C=O) groups is 1. The number of carboxylic acids is 1. The number of aliphatic carboxylic acids is 1. The minimum atomic E-state index is -0.777. The predicted octanol–water partition coefficient (Wildman–Crippen LogP) is 5.47. The van der Waals surface area contributed by atoms with Gasteiger partial charge in [0.25, 0.3) is 0 Å². The first kappa shape index (κ1) is 16.8. The Hall–Kier alpha value is -3.07. The molecule has 0 aliphatic rings. The highest BCUT2D eigenvalue weighted by atomic mass is 16.5. The zero-order chi connectivity index (χ0) is 17.6. The van der Waals surface area contributed by atoms with E-state index in [1.807, 2.05) is 79.7 Å². The molecule has 0 bridgehead atoms. The van der Waals surface area contributed by atoms with Crippen molar-refractivity contribution < 1.29 is 14.6 Å². The number of hydrogen-bond donors (Lipinski definition) is 1. The van der Waals surface area contributed by atoms with Crippen LogP contribution in [0, 0.1) is 6.92 Å². The first-order chi connectivity index (χ1) is 12.1. The standard InChI is InChI=1S/C22H20O3/c1-16-6-2-4-8-20(16)25-21-9-5-3-7-19(21)18-13-10-17(11-14-18)12-15-22(23)24/h2-11,13-14H,12,15H2,1H3,(H,23,24). The van der Waals surface area contributed by atoms with Crippen LogP contribution in [-0.4, -0.2) is 11.1 Å². The van der Waals surface area contributed by atoms with Gasteiger partial charge in [0.15, 0.2) is 0 Å². The molecule has 0 aliphatic heterocycles. The van der Waals surface area contributed by atoms with Crippen LogP contribution in [0.4, 0.5) is 0 Å². The molecule has 0 aromatic heterocycles. The summed E-state index contributed by atoms with van der Waals surface area (Å²) in [5.74, 6) is 0.865. The third kappa shape index (κ3) is 4.27. The van der Waals surface area contributed by atoms with Gasteiger partial charge in [0.1, 0.15) is 11.5 Å². The highest BCUT2D eigenvalue weighted by Gasteiger charge is 2.08. The van der Waals surface area contributed by atoms with Crippen LogP contribution in [0.5, 0.6) is 11.5 Å². The molecule has 0 radical (unpaired) electrons. The summed E-state index contributed by atoms with van der Waals surface area (Å²) in [5, 5.41) is 8.79. The van der Waals surface area contributed by atoms with Crippen LogP contribution in [-0.2, 0) is 11.2 Å². The number of para-hydroxylation sites is 2. The molecule has 3 nitrogen and oxygen atoms in total. The quantitative estimate of drug-likeness (QED) is 0.651. The maximum absolute atomic E-state index is 10.7. The molecule has 0 unspecified atom stereocenters. The van der Waals surface area contributed by atoms with E-state index in [4.69, 9.17) is 9.84 Å². The lowest BCUT2D eigenvalue weighted by Crippen LogP contribution is -1.97. The number of ether oxygens (including phenoxy) is 1. The van der Waals surface area contributed by atoms with Crippen LogP contribution in [0.3, 0.4) is 0 Å². The summed E-state index contributed by atoms with van der Waals surface area (Å²) >= 11 is 0. The molecular weight excluding hydrogens is 312 g/mol. The second-order valence-corrected chi connectivity index (χ2v) is 5.95. The van der Waals surface area contributed by atoms with Crippen molar-refractivity contribution in [1.82, 2.24) is 0 Å². The van der Waals surface area contributed by atoms with Crippen molar-refractivity contribution in [3.8, 4) is 22.6 Å². The maximum Gasteiger partial charge on any atom is 0.303 e. The van der Waals surface area contributed by atoms with Gasteiger partial charge >= 0.3 is 5.97 Å². The summed E-state index contributed by atoms with van der Waals surface area (Å²) in [6.07, 6.45) is 0.684. The normalized spacial score (nSPS) is 10.4. The van der Waals surface area contributed by atoms with Crippen LogP contribution in [0.25, 0.3) is 11.1 Å². The molecule has 0 heterocycles. The Kier molecular flexibility index (Phi) is 5.14. The van der Waals surface area contributed by atoms with Gasteiger partial charge in [-0.15, -0.1) is 0 Å². The van der Waals surface area contributed by atoms with E-state index in [1.54, 1.807) is 0 Å². The van der Waals surface area contributed by atoms with Gasteiger partial charge in [-0.3, -0.25) is 4.79 Å². The average molecular weight is 332 g/mol. The lowest BCUT2D eigenvalue weighted by atomic mass is 10.0. The average Bonchev–Trinajstić information content (AvgIpc) is 2.63. The highest BCUT2D eigenvalue weighted by Crippen LogP contribution is 2.34. The van der Waals surface area contributed by atoms with E-state index >= 15 is 0 Å². The lowest BCUT2D eigenvalue weighted by Gasteiger charge is -2.13. The van der Waals surface area contributed by atoms with E-state index in [9.17, 15) is 4.79 Å².